The zero-order chi connectivity index (χ0) is 39.2. The lowest BCUT2D eigenvalue weighted by molar-refractivity contribution is 0.102. The number of ether oxygens (including phenoxy) is 2. The summed E-state index contributed by atoms with van der Waals surface area (Å²) in [6, 6.07) is 6.12. The van der Waals surface area contributed by atoms with Crippen molar-refractivity contribution in [1.29, 1.82) is 0 Å². The van der Waals surface area contributed by atoms with Gasteiger partial charge < -0.3 is 46.3 Å². The molecule has 0 aromatic heterocycles. The SMILES string of the molecule is CCCCCC(CCN)CCCCC1O[C-](CCc2ccc(O)c(OCC(O)[C+]3C=C4C(=N3)CCC3CCCC3C4C(CNC)NCC(C)O)c2)C=C1CO. The van der Waals surface area contributed by atoms with E-state index >= 15 is 0 Å². The number of aryl methyl sites for hydroxylation is 1. The van der Waals surface area contributed by atoms with E-state index in [9.17, 15) is 20.4 Å². The molecule has 10 nitrogen and oxygen atoms in total. The van der Waals surface area contributed by atoms with E-state index in [4.69, 9.17) is 20.2 Å². The van der Waals surface area contributed by atoms with Gasteiger partial charge in [0.15, 0.2) is 29.4 Å². The number of nitrogens with one attached hydrogen (secondary N) is 2. The maximum atomic E-state index is 11.4. The Kier molecular flexibility index (Phi) is 17.7. The first-order valence-corrected chi connectivity index (χ1v) is 21.6. The highest BCUT2D eigenvalue weighted by Gasteiger charge is 2.50. The van der Waals surface area contributed by atoms with Crippen LogP contribution in [0.2, 0.25) is 0 Å². The van der Waals surface area contributed by atoms with Gasteiger partial charge in [0.05, 0.1) is 18.1 Å². The summed E-state index contributed by atoms with van der Waals surface area (Å²) in [4.78, 5) is 4.99. The molecule has 2 saturated carbocycles. The predicted molar refractivity (Wildman–Crippen MR) is 221 cm³/mol. The molecule has 2 aliphatic carbocycles. The van der Waals surface area contributed by atoms with Gasteiger partial charge in [-0.1, -0.05) is 83.3 Å². The fourth-order valence-corrected chi connectivity index (χ4v) is 9.57. The van der Waals surface area contributed by atoms with E-state index in [1.54, 1.807) is 6.07 Å². The van der Waals surface area contributed by atoms with Crippen molar-refractivity contribution in [2.45, 2.75) is 141 Å². The summed E-state index contributed by atoms with van der Waals surface area (Å²) in [6.45, 7) is 6.10. The lowest BCUT2D eigenvalue weighted by Crippen LogP contribution is -2.49. The Morgan fingerprint density at radius 2 is 1.91 bits per heavy atom. The third-order valence-corrected chi connectivity index (χ3v) is 12.5. The molecule has 2 aliphatic heterocycles. The van der Waals surface area contributed by atoms with Crippen molar-refractivity contribution < 1.29 is 29.9 Å². The molecule has 4 aliphatic rings. The first kappa shape index (κ1) is 43.6. The number of hydrogen-bond acceptors (Lipinski definition) is 10. The number of rotatable bonds is 25. The van der Waals surface area contributed by atoms with E-state index in [2.05, 4.69) is 23.6 Å². The van der Waals surface area contributed by atoms with Crippen LogP contribution in [0.3, 0.4) is 0 Å². The van der Waals surface area contributed by atoms with Crippen LogP contribution in [0, 0.1) is 35.8 Å². The molecular formula is C45H72N4O6. The topological polar surface area (TPSA) is 162 Å². The van der Waals surface area contributed by atoms with Gasteiger partial charge in [0.25, 0.3) is 0 Å². The van der Waals surface area contributed by atoms with E-state index in [1.165, 1.54) is 56.9 Å². The number of nitrogens with two attached hydrogens (primary N) is 1. The van der Waals surface area contributed by atoms with Gasteiger partial charge in [-0.25, -0.2) is 0 Å². The Hall–Kier alpha value is -2.57. The molecule has 1 aromatic carbocycles. The second-order valence-electron chi connectivity index (χ2n) is 16.7. The number of phenols is 1. The maximum Gasteiger partial charge on any atom is 0.189 e. The fourth-order valence-electron chi connectivity index (χ4n) is 9.57. The summed E-state index contributed by atoms with van der Waals surface area (Å²) in [7, 11) is 1.97. The number of unbranched alkanes of at least 4 members (excludes halogenated alkanes) is 3. The van der Waals surface area contributed by atoms with Crippen LogP contribution in [-0.4, -0.2) is 90.4 Å². The molecule has 8 unspecified atom stereocenters. The molecule has 2 fully saturated rings. The minimum Gasteiger partial charge on any atom is -0.504 e. The van der Waals surface area contributed by atoms with Gasteiger partial charge in [0, 0.05) is 38.3 Å². The molecule has 8 N–H and O–H groups in total. The van der Waals surface area contributed by atoms with E-state index < -0.39 is 12.2 Å². The molecule has 308 valence electrons. The fraction of sp³-hybridized carbons (Fsp3) is 0.711. The Bertz CT molecular complexity index is 1400. The van der Waals surface area contributed by atoms with Gasteiger partial charge in [0.1, 0.15) is 12.2 Å². The van der Waals surface area contributed by atoms with Gasteiger partial charge in [-0.2, -0.15) is 11.6 Å². The Balaban J connectivity index is 1.13. The summed E-state index contributed by atoms with van der Waals surface area (Å²) in [6.07, 6.45) is 21.1. The smallest absolute Gasteiger partial charge is 0.189 e. The van der Waals surface area contributed by atoms with E-state index in [0.717, 1.165) is 74.6 Å². The number of aliphatic hydroxyl groups excluding tert-OH is 3. The zero-order valence-electron chi connectivity index (χ0n) is 34.0. The number of benzene rings is 1. The number of aromatic hydroxyl groups is 1. The van der Waals surface area contributed by atoms with Crippen molar-refractivity contribution in [3.63, 3.8) is 0 Å². The number of aliphatic hydroxyl groups is 3. The van der Waals surface area contributed by atoms with Gasteiger partial charge in [-0.15, -0.1) is 4.99 Å². The zero-order valence-corrected chi connectivity index (χ0v) is 34.0. The number of aliphatic imine (C=N–C) groups is 1. The number of hydrogen-bond donors (Lipinski definition) is 7. The van der Waals surface area contributed by atoms with Crippen LogP contribution in [0.1, 0.15) is 116 Å². The van der Waals surface area contributed by atoms with Gasteiger partial charge in [-0.05, 0) is 88.1 Å². The third kappa shape index (κ3) is 12.5. The Morgan fingerprint density at radius 1 is 1.09 bits per heavy atom. The lowest BCUT2D eigenvalue weighted by atomic mass is 9.75. The number of likely N-dealkylation sites (N-methyl/N-ethyl adjacent to an activating group) is 1. The Labute approximate surface area is 331 Å². The second kappa shape index (κ2) is 22.4. The van der Waals surface area contributed by atoms with Crippen LogP contribution in [0.15, 0.2) is 46.5 Å². The molecule has 0 saturated heterocycles. The predicted octanol–water partition coefficient (Wildman–Crippen LogP) is 6.32. The molecule has 55 heavy (non-hydrogen) atoms. The first-order chi connectivity index (χ1) is 26.7. The average molecular weight is 765 g/mol. The molecule has 0 radical (unpaired) electrons. The van der Waals surface area contributed by atoms with Crippen LogP contribution < -0.4 is 21.1 Å². The minimum absolute atomic E-state index is 0.0000999. The standard InChI is InChI=1S/C45H72N4O6/c1-4-5-6-10-31(21-22-46)11-7-8-14-43-34(28-50)24-35(55-43)18-15-32-16-20-41(52)44(23-32)54-29-42(53)39-25-37-38(49-39)19-17-33-12-9-13-36(33)45(37)40(27-47-3)48-26-30(2)51/h16,20,23-25,30-31,33,36,40,42-43,45,47-48,50-53H,4-15,17-19,21-22,26-29,46H2,1-3H3. The molecule has 1 aromatic rings. The lowest BCUT2D eigenvalue weighted by Gasteiger charge is -2.32. The van der Waals surface area contributed by atoms with Crippen molar-refractivity contribution in [3.8, 4) is 11.5 Å². The second-order valence-corrected chi connectivity index (χ2v) is 16.7. The monoisotopic (exact) mass is 765 g/mol. The largest absolute Gasteiger partial charge is 0.504 e. The van der Waals surface area contributed by atoms with Gasteiger partial charge in [-0.3, -0.25) is 0 Å². The van der Waals surface area contributed by atoms with Crippen LogP contribution in [0.4, 0.5) is 0 Å². The van der Waals surface area contributed by atoms with Crippen LogP contribution in [0.5, 0.6) is 11.5 Å². The van der Waals surface area contributed by atoms with Crippen molar-refractivity contribution in [2.24, 2.45) is 34.4 Å². The molecule has 0 spiro atoms. The van der Waals surface area contributed by atoms with E-state index in [1.807, 2.05) is 32.2 Å². The van der Waals surface area contributed by atoms with Crippen molar-refractivity contribution in [1.82, 2.24) is 10.6 Å². The molecule has 8 atom stereocenters. The summed E-state index contributed by atoms with van der Waals surface area (Å²) >= 11 is 0. The number of phenolic OH excluding ortho intramolecular Hbond substituents is 1. The quantitative estimate of drug-likeness (QED) is 0.0447. The summed E-state index contributed by atoms with van der Waals surface area (Å²) < 4.78 is 12.4. The summed E-state index contributed by atoms with van der Waals surface area (Å²) in [5.41, 5.74) is 10.1. The van der Waals surface area contributed by atoms with Crippen molar-refractivity contribution >= 4 is 5.71 Å². The minimum atomic E-state index is -0.947. The van der Waals surface area contributed by atoms with Crippen molar-refractivity contribution in [3.05, 3.63) is 59.2 Å². The molecule has 2 heterocycles. The Morgan fingerprint density at radius 3 is 2.65 bits per heavy atom. The van der Waals surface area contributed by atoms with Crippen LogP contribution >= 0.6 is 0 Å². The highest BCUT2D eigenvalue weighted by Crippen LogP contribution is 2.49. The molecule has 0 bridgehead atoms. The molecule has 0 amide bonds. The highest BCUT2D eigenvalue weighted by atomic mass is 16.5. The van der Waals surface area contributed by atoms with E-state index in [0.29, 0.717) is 48.9 Å². The van der Waals surface area contributed by atoms with Crippen LogP contribution in [-0.2, 0) is 11.2 Å². The van der Waals surface area contributed by atoms with Gasteiger partial charge >= 0.3 is 0 Å². The molecular weight excluding hydrogens is 693 g/mol. The number of fused-ring (bicyclic) bond motifs is 2. The average Bonchev–Trinajstić information content (AvgIpc) is 3.91. The van der Waals surface area contributed by atoms with Crippen molar-refractivity contribution in [2.75, 3.05) is 39.9 Å². The number of nitrogens with zero attached hydrogens (tertiary/aromatic N) is 1. The first-order valence-electron chi connectivity index (χ1n) is 21.6. The maximum absolute atomic E-state index is 11.4. The van der Waals surface area contributed by atoms with Gasteiger partial charge in [0.2, 0.25) is 0 Å². The molecule has 5 rings (SSSR count). The van der Waals surface area contributed by atoms with E-state index in [-0.39, 0.29) is 37.0 Å². The summed E-state index contributed by atoms with van der Waals surface area (Å²) in [5, 5.41) is 49.2. The normalized spacial score (nSPS) is 24.5. The van der Waals surface area contributed by atoms with Crippen LogP contribution in [0.25, 0.3) is 0 Å². The molecule has 10 heteroatoms. The highest BCUT2D eigenvalue weighted by molar-refractivity contribution is 6.04. The summed E-state index contributed by atoms with van der Waals surface area (Å²) in [5.74, 6) is 2.52. The third-order valence-electron chi connectivity index (χ3n) is 12.5.